The number of carbonyl (C=O) groups excluding carboxylic acids is 1. The molecule has 0 atom stereocenters. The van der Waals surface area contributed by atoms with Crippen LogP contribution in [0.5, 0.6) is 0 Å². The highest BCUT2D eigenvalue weighted by molar-refractivity contribution is 7.22. The van der Waals surface area contributed by atoms with Crippen LogP contribution in [0.15, 0.2) is 66.9 Å². The lowest BCUT2D eigenvalue weighted by molar-refractivity contribution is 0.102. The molecule has 0 aliphatic heterocycles. The molecule has 0 saturated heterocycles. The zero-order valence-corrected chi connectivity index (χ0v) is 14.3. The lowest BCUT2D eigenvalue weighted by atomic mass is 10.1. The van der Waals surface area contributed by atoms with Crippen LogP contribution in [-0.4, -0.2) is 20.9 Å². The number of aromatic nitrogens is 3. The smallest absolute Gasteiger partial charge is 0.277 e. The fraction of sp³-hybridized carbons (Fsp3) is 0. The number of rotatable bonds is 2. The monoisotopic (exact) mass is 356 g/mol. The van der Waals surface area contributed by atoms with Crippen molar-refractivity contribution in [3.8, 4) is 0 Å². The molecule has 5 aromatic rings. The maximum absolute atomic E-state index is 12.6. The van der Waals surface area contributed by atoms with Crippen molar-refractivity contribution in [2.75, 3.05) is 5.32 Å². The van der Waals surface area contributed by atoms with Crippen molar-refractivity contribution in [2.24, 2.45) is 0 Å². The fourth-order valence-electron chi connectivity index (χ4n) is 2.94. The van der Waals surface area contributed by atoms with Crippen LogP contribution in [0.25, 0.3) is 32.0 Å². The molecule has 1 N–H and O–H groups in total. The molecule has 0 aliphatic rings. The summed E-state index contributed by atoms with van der Waals surface area (Å²) < 4.78 is 1.03. The number of hydrogen-bond acceptors (Lipinski definition) is 5. The maximum Gasteiger partial charge on any atom is 0.277 e. The first-order chi connectivity index (χ1) is 12.8. The van der Waals surface area contributed by atoms with E-state index in [9.17, 15) is 4.79 Å². The summed E-state index contributed by atoms with van der Waals surface area (Å²) in [4.78, 5) is 25.8. The van der Waals surface area contributed by atoms with Gasteiger partial charge in [-0.05, 0) is 23.6 Å². The molecule has 0 bridgehead atoms. The molecule has 0 fully saturated rings. The van der Waals surface area contributed by atoms with Gasteiger partial charge in [-0.3, -0.25) is 15.1 Å². The zero-order valence-electron chi connectivity index (χ0n) is 13.5. The van der Waals surface area contributed by atoms with Crippen molar-refractivity contribution in [1.82, 2.24) is 15.0 Å². The Balaban J connectivity index is 1.51. The summed E-state index contributed by atoms with van der Waals surface area (Å²) in [6, 6.07) is 19.6. The molecule has 3 aromatic carbocycles. The largest absolute Gasteiger partial charge is 0.296 e. The third kappa shape index (κ3) is 2.48. The van der Waals surface area contributed by atoms with Crippen LogP contribution in [0.1, 0.15) is 10.5 Å². The zero-order chi connectivity index (χ0) is 17.5. The van der Waals surface area contributed by atoms with Gasteiger partial charge in [-0.15, -0.1) is 0 Å². The van der Waals surface area contributed by atoms with Gasteiger partial charge in [-0.1, -0.05) is 53.8 Å². The molecule has 0 radical (unpaired) electrons. The molecule has 0 spiro atoms. The lowest BCUT2D eigenvalue weighted by Gasteiger charge is -2.02. The minimum atomic E-state index is -0.313. The average Bonchev–Trinajstić information content (AvgIpc) is 3.10. The molecular weight excluding hydrogens is 344 g/mol. The van der Waals surface area contributed by atoms with Gasteiger partial charge in [-0.2, -0.15) is 0 Å². The third-order valence-electron chi connectivity index (χ3n) is 4.19. The summed E-state index contributed by atoms with van der Waals surface area (Å²) in [5.41, 5.74) is 2.62. The van der Waals surface area contributed by atoms with Gasteiger partial charge in [0.05, 0.1) is 27.4 Å². The van der Waals surface area contributed by atoms with Gasteiger partial charge in [0.15, 0.2) is 5.13 Å². The minimum absolute atomic E-state index is 0.271. The van der Waals surface area contributed by atoms with Crippen molar-refractivity contribution in [3.05, 3.63) is 72.6 Å². The van der Waals surface area contributed by atoms with E-state index in [1.165, 1.54) is 17.5 Å². The van der Waals surface area contributed by atoms with Crippen LogP contribution in [0, 0.1) is 0 Å². The standard InChI is InChI=1S/C20H12N4OS/c25-19(16-11-21-14-7-3-4-8-15(14)22-16)24-20-23-18-13-6-2-1-5-12(13)9-10-17(18)26-20/h1-11H,(H,23,24,25). The summed E-state index contributed by atoms with van der Waals surface area (Å²) in [6.07, 6.45) is 1.49. The molecule has 2 heterocycles. The molecule has 1 amide bonds. The number of carbonyl (C=O) groups is 1. The quantitative estimate of drug-likeness (QED) is 0.500. The summed E-state index contributed by atoms with van der Waals surface area (Å²) in [5, 5.41) is 5.60. The number of nitrogens with zero attached hydrogens (tertiary/aromatic N) is 3. The number of thiazole rings is 1. The molecule has 124 valence electrons. The van der Waals surface area contributed by atoms with Gasteiger partial charge in [0.25, 0.3) is 5.91 Å². The molecule has 0 saturated carbocycles. The Morgan fingerprint density at radius 2 is 1.69 bits per heavy atom. The van der Waals surface area contributed by atoms with Crippen molar-refractivity contribution >= 4 is 54.4 Å². The predicted octanol–water partition coefficient (Wildman–Crippen LogP) is 4.65. The van der Waals surface area contributed by atoms with Crippen molar-refractivity contribution < 1.29 is 4.79 Å². The SMILES string of the molecule is O=C(Nc1nc2c(ccc3ccccc32)s1)c1cnc2ccccc2n1. The normalized spacial score (nSPS) is 11.2. The molecule has 2 aromatic heterocycles. The van der Waals surface area contributed by atoms with E-state index in [2.05, 4.69) is 32.4 Å². The third-order valence-corrected chi connectivity index (χ3v) is 5.12. The summed E-state index contributed by atoms with van der Waals surface area (Å²) >= 11 is 1.45. The Kier molecular flexibility index (Phi) is 3.36. The van der Waals surface area contributed by atoms with Crippen LogP contribution in [0.2, 0.25) is 0 Å². The maximum atomic E-state index is 12.6. The first-order valence-electron chi connectivity index (χ1n) is 8.09. The van der Waals surface area contributed by atoms with Gasteiger partial charge < -0.3 is 0 Å². The van der Waals surface area contributed by atoms with Gasteiger partial charge in [0, 0.05) is 5.39 Å². The minimum Gasteiger partial charge on any atom is -0.296 e. The van der Waals surface area contributed by atoms with E-state index in [0.29, 0.717) is 10.6 Å². The van der Waals surface area contributed by atoms with E-state index in [0.717, 1.165) is 26.5 Å². The molecular formula is C20H12N4OS. The van der Waals surface area contributed by atoms with Crippen LogP contribution < -0.4 is 5.32 Å². The van der Waals surface area contributed by atoms with Crippen LogP contribution in [-0.2, 0) is 0 Å². The van der Waals surface area contributed by atoms with Crippen LogP contribution in [0.3, 0.4) is 0 Å². The van der Waals surface area contributed by atoms with E-state index in [4.69, 9.17) is 0 Å². The Labute approximate surface area is 152 Å². The lowest BCUT2D eigenvalue weighted by Crippen LogP contribution is -2.13. The van der Waals surface area contributed by atoms with E-state index in [-0.39, 0.29) is 11.6 Å². The number of para-hydroxylation sites is 2. The molecule has 6 heteroatoms. The predicted molar refractivity (Wildman–Crippen MR) is 105 cm³/mol. The molecule has 5 nitrogen and oxygen atoms in total. The first-order valence-corrected chi connectivity index (χ1v) is 8.91. The average molecular weight is 356 g/mol. The first kappa shape index (κ1) is 14.9. The van der Waals surface area contributed by atoms with E-state index < -0.39 is 0 Å². The highest BCUT2D eigenvalue weighted by Gasteiger charge is 2.13. The fourth-order valence-corrected chi connectivity index (χ4v) is 3.82. The van der Waals surface area contributed by atoms with E-state index in [1.54, 1.807) is 0 Å². The summed E-state index contributed by atoms with van der Waals surface area (Å²) in [7, 11) is 0. The van der Waals surface area contributed by atoms with Crippen molar-refractivity contribution in [2.45, 2.75) is 0 Å². The van der Waals surface area contributed by atoms with Crippen molar-refractivity contribution in [1.29, 1.82) is 0 Å². The Morgan fingerprint density at radius 3 is 2.62 bits per heavy atom. The number of fused-ring (bicyclic) bond motifs is 4. The highest BCUT2D eigenvalue weighted by Crippen LogP contribution is 2.31. The Morgan fingerprint density at radius 1 is 0.885 bits per heavy atom. The summed E-state index contributed by atoms with van der Waals surface area (Å²) in [5.74, 6) is -0.313. The van der Waals surface area contributed by atoms with Gasteiger partial charge in [0.2, 0.25) is 0 Å². The highest BCUT2D eigenvalue weighted by atomic mass is 32.1. The number of nitrogens with one attached hydrogen (secondary N) is 1. The van der Waals surface area contributed by atoms with Gasteiger partial charge in [0.1, 0.15) is 5.69 Å². The number of anilines is 1. The second kappa shape index (κ2) is 5.86. The van der Waals surface area contributed by atoms with Gasteiger partial charge >= 0.3 is 0 Å². The Bertz CT molecular complexity index is 1290. The van der Waals surface area contributed by atoms with E-state index in [1.807, 2.05) is 48.5 Å². The second-order valence-electron chi connectivity index (χ2n) is 5.85. The summed E-state index contributed by atoms with van der Waals surface area (Å²) in [6.45, 7) is 0. The Hall–Kier alpha value is -3.38. The van der Waals surface area contributed by atoms with E-state index >= 15 is 0 Å². The molecule has 5 rings (SSSR count). The van der Waals surface area contributed by atoms with Crippen LogP contribution >= 0.6 is 11.3 Å². The topological polar surface area (TPSA) is 67.8 Å². The molecule has 0 unspecified atom stereocenters. The number of amides is 1. The van der Waals surface area contributed by atoms with Gasteiger partial charge in [-0.25, -0.2) is 9.97 Å². The van der Waals surface area contributed by atoms with Crippen molar-refractivity contribution in [3.63, 3.8) is 0 Å². The number of benzene rings is 3. The number of hydrogen-bond donors (Lipinski definition) is 1. The van der Waals surface area contributed by atoms with Crippen LogP contribution in [0.4, 0.5) is 5.13 Å². The second-order valence-corrected chi connectivity index (χ2v) is 6.88. The molecule has 0 aliphatic carbocycles. The molecule has 26 heavy (non-hydrogen) atoms.